The number of hydrogen-bond acceptors (Lipinski definition) is 5. The molecule has 0 spiro atoms. The van der Waals surface area contributed by atoms with Crippen molar-refractivity contribution >= 4 is 33.0 Å². The Morgan fingerprint density at radius 3 is 2.64 bits per heavy atom. The van der Waals surface area contributed by atoms with Gasteiger partial charge in [-0.3, -0.25) is 9.78 Å². The van der Waals surface area contributed by atoms with Gasteiger partial charge in [0.1, 0.15) is 0 Å². The van der Waals surface area contributed by atoms with E-state index in [1.165, 1.54) is 18.6 Å². The summed E-state index contributed by atoms with van der Waals surface area (Å²) in [5.74, 6) is -0.498. The van der Waals surface area contributed by atoms with Gasteiger partial charge in [0.25, 0.3) is 5.91 Å². The largest absolute Gasteiger partial charge is 0.269 e. The molecule has 0 radical (unpaired) electrons. The third-order valence-corrected chi connectivity index (χ3v) is 5.73. The van der Waals surface area contributed by atoms with E-state index in [-0.39, 0.29) is 11.7 Å². The van der Waals surface area contributed by atoms with Crippen molar-refractivity contribution in [2.45, 2.75) is 32.1 Å². The van der Waals surface area contributed by atoms with E-state index in [0.717, 1.165) is 36.7 Å². The zero-order chi connectivity index (χ0) is 17.7. The highest BCUT2D eigenvalue weighted by atomic mass is 32.2. The maximum atomic E-state index is 12.1. The molecule has 1 fully saturated rings. The first-order valence-electron chi connectivity index (χ1n) is 8.46. The predicted octanol–water partition coefficient (Wildman–Crippen LogP) is 2.67. The lowest BCUT2D eigenvalue weighted by Crippen LogP contribution is -2.34. The first-order chi connectivity index (χ1) is 12.0. The number of hydrogen-bond donors (Lipinski definition) is 1. The molecule has 0 unspecified atom stereocenters. The molecular weight excluding hydrogens is 338 g/mol. The highest BCUT2D eigenvalue weighted by Gasteiger charge is 2.22. The molecule has 1 aromatic carbocycles. The molecular formula is C18H21N3O3S. The number of benzene rings is 1. The van der Waals surface area contributed by atoms with Crippen molar-refractivity contribution in [3.8, 4) is 0 Å². The lowest BCUT2D eigenvalue weighted by molar-refractivity contribution is -0.114. The minimum absolute atomic E-state index is 0.0162. The normalized spacial score (nSPS) is 16.3. The van der Waals surface area contributed by atoms with Gasteiger partial charge < -0.3 is 0 Å². The van der Waals surface area contributed by atoms with Gasteiger partial charge >= 0.3 is 0 Å². The van der Waals surface area contributed by atoms with Crippen LogP contribution in [0, 0.1) is 5.92 Å². The van der Waals surface area contributed by atoms with Crippen LogP contribution in [0.5, 0.6) is 0 Å². The molecule has 1 aromatic heterocycles. The van der Waals surface area contributed by atoms with E-state index in [0.29, 0.717) is 5.69 Å². The number of carbonyl (C=O) groups excluding carboxylic acids is 1. The van der Waals surface area contributed by atoms with Crippen LogP contribution in [0.4, 0.5) is 0 Å². The fourth-order valence-corrected chi connectivity index (χ4v) is 4.52. The van der Waals surface area contributed by atoms with Crippen molar-refractivity contribution in [1.82, 2.24) is 14.7 Å². The zero-order valence-corrected chi connectivity index (χ0v) is 14.7. The van der Waals surface area contributed by atoms with Gasteiger partial charge in [-0.15, -0.1) is 0 Å². The van der Waals surface area contributed by atoms with E-state index in [2.05, 4.69) is 14.7 Å². The van der Waals surface area contributed by atoms with Crippen molar-refractivity contribution < 1.29 is 13.2 Å². The number of nitrogens with one attached hydrogen (secondary N) is 1. The Morgan fingerprint density at radius 1 is 1.16 bits per heavy atom. The molecule has 0 saturated heterocycles. The number of amides is 1. The topological polar surface area (TPSA) is 89.0 Å². The standard InChI is InChI=1S/C18H21N3O3S/c22-18(21-25(23,24)13-14-6-2-1-3-7-14)11-10-15-12-19-16-8-4-5-9-17(16)20-15/h4-5,8-12,14H,1-3,6-7,13H2,(H,21,22)/b11-10+. The first kappa shape index (κ1) is 17.5. The molecule has 132 valence electrons. The van der Waals surface area contributed by atoms with E-state index in [4.69, 9.17) is 0 Å². The van der Waals surface area contributed by atoms with Crippen molar-refractivity contribution in [2.75, 3.05) is 5.75 Å². The summed E-state index contributed by atoms with van der Waals surface area (Å²) in [7, 11) is -3.61. The minimum Gasteiger partial charge on any atom is -0.269 e. The van der Waals surface area contributed by atoms with E-state index in [9.17, 15) is 13.2 Å². The van der Waals surface area contributed by atoms with Gasteiger partial charge in [-0.2, -0.15) is 0 Å². The number of rotatable bonds is 5. The number of sulfonamides is 1. The van der Waals surface area contributed by atoms with Crippen molar-refractivity contribution in [3.63, 3.8) is 0 Å². The Kier molecular flexibility index (Phi) is 5.43. The summed E-state index contributed by atoms with van der Waals surface area (Å²) in [5.41, 5.74) is 1.98. The molecule has 0 bridgehead atoms. The summed E-state index contributed by atoms with van der Waals surface area (Å²) < 4.78 is 26.3. The number of aromatic nitrogens is 2. The van der Waals surface area contributed by atoms with Gasteiger partial charge in [0.15, 0.2) is 0 Å². The zero-order valence-electron chi connectivity index (χ0n) is 13.9. The van der Waals surface area contributed by atoms with Crippen molar-refractivity contribution in [3.05, 3.63) is 42.2 Å². The smallest absolute Gasteiger partial charge is 0.257 e. The summed E-state index contributed by atoms with van der Waals surface area (Å²) in [5, 5.41) is 0. The molecule has 1 heterocycles. The van der Waals surface area contributed by atoms with Crippen LogP contribution in [-0.4, -0.2) is 30.0 Å². The van der Waals surface area contributed by atoms with E-state index in [1.807, 2.05) is 24.3 Å². The van der Waals surface area contributed by atoms with Gasteiger partial charge in [-0.05, 0) is 37.0 Å². The van der Waals surface area contributed by atoms with E-state index in [1.54, 1.807) is 6.20 Å². The molecule has 0 atom stereocenters. The van der Waals surface area contributed by atoms with Gasteiger partial charge in [0.05, 0.1) is 28.7 Å². The monoisotopic (exact) mass is 359 g/mol. The van der Waals surface area contributed by atoms with Crippen LogP contribution in [0.15, 0.2) is 36.5 Å². The number of carbonyl (C=O) groups is 1. The Balaban J connectivity index is 1.61. The van der Waals surface area contributed by atoms with Crippen LogP contribution >= 0.6 is 0 Å². The maximum Gasteiger partial charge on any atom is 0.257 e. The van der Waals surface area contributed by atoms with Crippen molar-refractivity contribution in [2.24, 2.45) is 5.92 Å². The molecule has 7 heteroatoms. The number of fused-ring (bicyclic) bond motifs is 1. The Bertz CT molecular complexity index is 887. The summed E-state index contributed by atoms with van der Waals surface area (Å²) in [4.78, 5) is 20.5. The quantitative estimate of drug-likeness (QED) is 0.829. The second kappa shape index (κ2) is 7.74. The van der Waals surface area contributed by atoms with Crippen LogP contribution in [0.25, 0.3) is 17.1 Å². The van der Waals surface area contributed by atoms with Gasteiger partial charge in [-0.25, -0.2) is 18.1 Å². The number of para-hydroxylation sites is 2. The summed E-state index contributed by atoms with van der Waals surface area (Å²) in [6.45, 7) is 0. The van der Waals surface area contributed by atoms with Gasteiger partial charge in [-0.1, -0.05) is 31.4 Å². The molecule has 1 aliphatic carbocycles. The molecule has 1 N–H and O–H groups in total. The average molecular weight is 359 g/mol. The Hall–Kier alpha value is -2.28. The summed E-state index contributed by atoms with van der Waals surface area (Å²) in [6.07, 6.45) is 9.31. The first-order valence-corrected chi connectivity index (χ1v) is 10.1. The fourth-order valence-electron chi connectivity index (χ4n) is 3.11. The molecule has 6 nitrogen and oxygen atoms in total. The lowest BCUT2D eigenvalue weighted by atomic mass is 9.91. The lowest BCUT2D eigenvalue weighted by Gasteiger charge is -2.21. The van der Waals surface area contributed by atoms with Crippen LogP contribution in [0.1, 0.15) is 37.8 Å². The van der Waals surface area contributed by atoms with Gasteiger partial charge in [0, 0.05) is 6.08 Å². The van der Waals surface area contributed by atoms with Crippen LogP contribution in [-0.2, 0) is 14.8 Å². The minimum atomic E-state index is -3.61. The average Bonchev–Trinajstić information content (AvgIpc) is 2.60. The fraction of sp³-hybridized carbons (Fsp3) is 0.389. The molecule has 0 aliphatic heterocycles. The van der Waals surface area contributed by atoms with Crippen LogP contribution in [0.2, 0.25) is 0 Å². The molecule has 3 rings (SSSR count). The molecule has 1 amide bonds. The summed E-state index contributed by atoms with van der Waals surface area (Å²) in [6, 6.07) is 7.40. The Labute approximate surface area is 147 Å². The molecule has 2 aromatic rings. The van der Waals surface area contributed by atoms with Gasteiger partial charge in [0.2, 0.25) is 10.0 Å². The molecule has 1 aliphatic rings. The SMILES string of the molecule is O=C(/C=C/c1cnc2ccccc2n1)NS(=O)(=O)CC1CCCCC1. The van der Waals surface area contributed by atoms with Crippen molar-refractivity contribution in [1.29, 1.82) is 0 Å². The van der Waals surface area contributed by atoms with Crippen LogP contribution in [0.3, 0.4) is 0 Å². The highest BCUT2D eigenvalue weighted by molar-refractivity contribution is 7.90. The Morgan fingerprint density at radius 2 is 1.88 bits per heavy atom. The third-order valence-electron chi connectivity index (χ3n) is 4.31. The number of nitrogens with zero attached hydrogens (tertiary/aromatic N) is 2. The van der Waals surface area contributed by atoms with E-state index < -0.39 is 15.9 Å². The van der Waals surface area contributed by atoms with E-state index >= 15 is 0 Å². The van der Waals surface area contributed by atoms with Crippen LogP contribution < -0.4 is 4.72 Å². The third kappa shape index (κ3) is 5.09. The second-order valence-electron chi connectivity index (χ2n) is 6.37. The molecule has 25 heavy (non-hydrogen) atoms. The maximum absolute atomic E-state index is 12.1. The second-order valence-corrected chi connectivity index (χ2v) is 8.14. The highest BCUT2D eigenvalue weighted by Crippen LogP contribution is 2.24. The molecule has 1 saturated carbocycles. The summed E-state index contributed by atoms with van der Waals surface area (Å²) >= 11 is 0. The predicted molar refractivity (Wildman–Crippen MR) is 97.1 cm³/mol.